The summed E-state index contributed by atoms with van der Waals surface area (Å²) in [5.74, 6) is -0.596. The van der Waals surface area contributed by atoms with Crippen molar-refractivity contribution in [1.82, 2.24) is 5.32 Å². The Morgan fingerprint density at radius 1 is 1.08 bits per heavy atom. The van der Waals surface area contributed by atoms with E-state index in [1.807, 2.05) is 48.7 Å². The van der Waals surface area contributed by atoms with E-state index in [0.29, 0.717) is 17.9 Å². The molecule has 0 saturated heterocycles. The highest BCUT2D eigenvalue weighted by molar-refractivity contribution is 7.98. The van der Waals surface area contributed by atoms with Gasteiger partial charge in [0.2, 0.25) is 0 Å². The molecule has 0 unspecified atom stereocenters. The lowest BCUT2D eigenvalue weighted by Crippen LogP contribution is -2.49. The molecule has 0 saturated carbocycles. The fraction of sp³-hybridized carbons (Fsp3) is 0.263. The zero-order valence-electron chi connectivity index (χ0n) is 13.9. The van der Waals surface area contributed by atoms with Crippen LogP contribution in [-0.2, 0) is 9.59 Å². The third-order valence-electron chi connectivity index (χ3n) is 3.56. The van der Waals surface area contributed by atoms with Crippen LogP contribution in [0.15, 0.2) is 54.6 Å². The van der Waals surface area contributed by atoms with Gasteiger partial charge in [-0.2, -0.15) is 11.8 Å². The predicted octanol–water partition coefficient (Wildman–Crippen LogP) is 1.72. The number of carbonyl (C=O) groups excluding carboxylic acids is 2. The first-order chi connectivity index (χ1) is 12.1. The molecule has 2 rings (SSSR count). The number of carboxylic acid groups (broad SMARTS) is 1. The van der Waals surface area contributed by atoms with Gasteiger partial charge in [0.1, 0.15) is 5.75 Å². The fourth-order valence-corrected chi connectivity index (χ4v) is 2.72. The second kappa shape index (κ2) is 9.74. The summed E-state index contributed by atoms with van der Waals surface area (Å²) in [6, 6.07) is 16.3. The molecule has 0 aliphatic carbocycles. The van der Waals surface area contributed by atoms with E-state index in [4.69, 9.17) is 4.74 Å². The van der Waals surface area contributed by atoms with E-state index in [-0.39, 0.29) is 6.61 Å². The van der Waals surface area contributed by atoms with E-state index in [2.05, 4.69) is 5.32 Å². The Balaban J connectivity index is 1.86. The molecule has 2 aromatic rings. The number of amides is 1. The maximum Gasteiger partial charge on any atom is 0.258 e. The van der Waals surface area contributed by atoms with Gasteiger partial charge in [-0.05, 0) is 41.7 Å². The van der Waals surface area contributed by atoms with Gasteiger partial charge >= 0.3 is 0 Å². The van der Waals surface area contributed by atoms with Crippen molar-refractivity contribution < 1.29 is 19.4 Å². The minimum Gasteiger partial charge on any atom is -0.548 e. The summed E-state index contributed by atoms with van der Waals surface area (Å²) in [4.78, 5) is 22.9. The molecule has 2 aromatic carbocycles. The Labute approximate surface area is 151 Å². The smallest absolute Gasteiger partial charge is 0.258 e. The average Bonchev–Trinajstić information content (AvgIpc) is 2.64. The number of carbonyl (C=O) groups is 2. The Morgan fingerprint density at radius 3 is 2.32 bits per heavy atom. The Bertz CT molecular complexity index is 688. The molecule has 0 heterocycles. The number of hydrogen-bond donors (Lipinski definition) is 1. The lowest BCUT2D eigenvalue weighted by atomic mass is 10.1. The van der Waals surface area contributed by atoms with E-state index in [1.54, 1.807) is 12.1 Å². The number of thioether (sulfide) groups is 1. The summed E-state index contributed by atoms with van der Waals surface area (Å²) in [6.45, 7) is -0.242. The molecule has 0 radical (unpaired) electrons. The fourth-order valence-electron chi connectivity index (χ4n) is 2.24. The largest absolute Gasteiger partial charge is 0.548 e. The SMILES string of the molecule is CSCC[C@@H](NC(=O)COc1ccc(-c2ccccc2)cc1)C(=O)[O-]. The van der Waals surface area contributed by atoms with Crippen LogP contribution in [0.1, 0.15) is 6.42 Å². The number of ether oxygens (including phenoxy) is 1. The second-order valence-electron chi connectivity index (χ2n) is 5.40. The zero-order chi connectivity index (χ0) is 18.1. The summed E-state index contributed by atoms with van der Waals surface area (Å²) in [7, 11) is 0. The molecule has 0 fully saturated rings. The van der Waals surface area contributed by atoms with Crippen LogP contribution in [0, 0.1) is 0 Å². The summed E-state index contributed by atoms with van der Waals surface area (Å²) < 4.78 is 5.41. The number of hydrogen-bond acceptors (Lipinski definition) is 5. The van der Waals surface area contributed by atoms with Crippen molar-refractivity contribution in [3.05, 3.63) is 54.6 Å². The highest BCUT2D eigenvalue weighted by Crippen LogP contribution is 2.21. The molecule has 5 nitrogen and oxygen atoms in total. The third-order valence-corrected chi connectivity index (χ3v) is 4.21. The topological polar surface area (TPSA) is 78.5 Å². The van der Waals surface area contributed by atoms with Crippen LogP contribution < -0.4 is 15.2 Å². The maximum atomic E-state index is 11.8. The molecule has 1 amide bonds. The first kappa shape index (κ1) is 18.9. The summed E-state index contributed by atoms with van der Waals surface area (Å²) in [6.07, 6.45) is 2.19. The minimum absolute atomic E-state index is 0.242. The van der Waals surface area contributed by atoms with Crippen molar-refractivity contribution in [2.45, 2.75) is 12.5 Å². The van der Waals surface area contributed by atoms with Gasteiger partial charge in [0.25, 0.3) is 5.91 Å². The van der Waals surface area contributed by atoms with E-state index >= 15 is 0 Å². The predicted molar refractivity (Wildman–Crippen MR) is 97.3 cm³/mol. The Hall–Kier alpha value is -2.47. The molecule has 0 aliphatic heterocycles. The van der Waals surface area contributed by atoms with Crippen LogP contribution in [0.2, 0.25) is 0 Å². The Kier molecular flexibility index (Phi) is 7.35. The van der Waals surface area contributed by atoms with Crippen molar-refractivity contribution in [2.75, 3.05) is 18.6 Å². The molecule has 1 atom stereocenters. The van der Waals surface area contributed by atoms with Crippen LogP contribution in [0.4, 0.5) is 0 Å². The van der Waals surface area contributed by atoms with Gasteiger partial charge in [-0.1, -0.05) is 42.5 Å². The molecule has 0 aliphatic rings. The normalized spacial score (nSPS) is 11.6. The van der Waals surface area contributed by atoms with Crippen LogP contribution in [-0.4, -0.2) is 36.5 Å². The lowest BCUT2D eigenvalue weighted by molar-refractivity contribution is -0.308. The molecular formula is C19H20NO4S-. The van der Waals surface area contributed by atoms with Crippen molar-refractivity contribution in [3.63, 3.8) is 0 Å². The maximum absolute atomic E-state index is 11.8. The molecule has 132 valence electrons. The molecule has 0 aromatic heterocycles. The molecule has 0 spiro atoms. The highest BCUT2D eigenvalue weighted by Gasteiger charge is 2.13. The first-order valence-electron chi connectivity index (χ1n) is 7.87. The molecular weight excluding hydrogens is 338 g/mol. The van der Waals surface area contributed by atoms with Crippen LogP contribution in [0.3, 0.4) is 0 Å². The summed E-state index contributed by atoms with van der Waals surface area (Å²) >= 11 is 1.51. The van der Waals surface area contributed by atoms with Crippen LogP contribution in [0.5, 0.6) is 5.75 Å². The number of nitrogens with one attached hydrogen (secondary N) is 1. The van der Waals surface area contributed by atoms with Crippen molar-refractivity contribution >= 4 is 23.6 Å². The van der Waals surface area contributed by atoms with Gasteiger partial charge in [0, 0.05) is 0 Å². The quantitative estimate of drug-likeness (QED) is 0.738. The number of benzene rings is 2. The Morgan fingerprint density at radius 2 is 1.72 bits per heavy atom. The van der Waals surface area contributed by atoms with Gasteiger partial charge in [0.05, 0.1) is 12.0 Å². The van der Waals surface area contributed by atoms with Crippen molar-refractivity contribution in [1.29, 1.82) is 0 Å². The summed E-state index contributed by atoms with van der Waals surface area (Å²) in [5.41, 5.74) is 2.14. The van der Waals surface area contributed by atoms with E-state index in [1.165, 1.54) is 11.8 Å². The van der Waals surface area contributed by atoms with Crippen molar-refractivity contribution in [2.24, 2.45) is 0 Å². The zero-order valence-corrected chi connectivity index (χ0v) is 14.8. The number of rotatable bonds is 9. The van der Waals surface area contributed by atoms with E-state index in [0.717, 1.165) is 11.1 Å². The molecule has 25 heavy (non-hydrogen) atoms. The highest BCUT2D eigenvalue weighted by atomic mass is 32.2. The van der Waals surface area contributed by atoms with Gasteiger partial charge in [0.15, 0.2) is 6.61 Å². The monoisotopic (exact) mass is 358 g/mol. The standard InChI is InChI=1S/C19H21NO4S/c1-25-12-11-17(19(22)23)20-18(21)13-24-16-9-7-15(8-10-16)14-5-3-2-4-6-14/h2-10,17H,11-13H2,1H3,(H,20,21)(H,22,23)/p-1/t17-/m1/s1. The third kappa shape index (κ3) is 6.15. The number of carboxylic acids is 1. The van der Waals surface area contributed by atoms with E-state index in [9.17, 15) is 14.7 Å². The van der Waals surface area contributed by atoms with Gasteiger partial charge in [-0.15, -0.1) is 0 Å². The van der Waals surface area contributed by atoms with Crippen molar-refractivity contribution in [3.8, 4) is 16.9 Å². The van der Waals surface area contributed by atoms with Gasteiger partial charge < -0.3 is 20.0 Å². The minimum atomic E-state index is -1.28. The van der Waals surface area contributed by atoms with Gasteiger partial charge in [-0.25, -0.2) is 0 Å². The number of aliphatic carboxylic acids is 1. The van der Waals surface area contributed by atoms with Crippen LogP contribution >= 0.6 is 11.8 Å². The molecule has 6 heteroatoms. The molecule has 1 N–H and O–H groups in total. The average molecular weight is 358 g/mol. The second-order valence-corrected chi connectivity index (χ2v) is 6.39. The summed E-state index contributed by atoms with van der Waals surface area (Å²) in [5, 5.41) is 13.4. The first-order valence-corrected chi connectivity index (χ1v) is 9.27. The van der Waals surface area contributed by atoms with Gasteiger partial charge in [-0.3, -0.25) is 4.79 Å². The molecule has 0 bridgehead atoms. The lowest BCUT2D eigenvalue weighted by Gasteiger charge is -2.19. The van der Waals surface area contributed by atoms with E-state index < -0.39 is 17.9 Å². The van der Waals surface area contributed by atoms with Crippen LogP contribution in [0.25, 0.3) is 11.1 Å².